The summed E-state index contributed by atoms with van der Waals surface area (Å²) in [6, 6.07) is 24.4. The minimum Gasteiger partial charge on any atom is -0.489 e. The summed E-state index contributed by atoms with van der Waals surface area (Å²) in [5.41, 5.74) is 5.46. The number of para-hydroxylation sites is 1. The van der Waals surface area contributed by atoms with Crippen LogP contribution in [0, 0.1) is 13.8 Å². The summed E-state index contributed by atoms with van der Waals surface area (Å²) in [5.74, 6) is 0.491. The Morgan fingerprint density at radius 3 is 2.06 bits per heavy atom. The van der Waals surface area contributed by atoms with Crippen molar-refractivity contribution in [3.63, 3.8) is 0 Å². The van der Waals surface area contributed by atoms with Crippen LogP contribution in [0.5, 0.6) is 5.75 Å². The Balaban J connectivity index is 1.40. The smallest absolute Gasteiger partial charge is 0.255 e. The molecule has 35 heavy (non-hydrogen) atoms. The summed E-state index contributed by atoms with van der Waals surface area (Å²) in [5, 5.41) is 10.2. The maximum absolute atomic E-state index is 12.9. The number of aryl methyl sites for hydroxylation is 1. The molecule has 178 valence electrons. The molecule has 0 radical (unpaired) electrons. The lowest BCUT2D eigenvalue weighted by molar-refractivity contribution is 0.0962. The number of nitrogens with zero attached hydrogens (tertiary/aromatic N) is 2. The van der Waals surface area contributed by atoms with E-state index < -0.39 is 0 Å². The summed E-state index contributed by atoms with van der Waals surface area (Å²) >= 11 is 0. The molecule has 2 N–H and O–H groups in total. The molecule has 0 unspecified atom stereocenters. The zero-order chi connectivity index (χ0) is 24.8. The highest BCUT2D eigenvalue weighted by atomic mass is 16.5. The summed E-state index contributed by atoms with van der Waals surface area (Å²) in [6.45, 7) is 4.77. The van der Waals surface area contributed by atoms with Gasteiger partial charge in [-0.25, -0.2) is 0 Å². The largest absolute Gasteiger partial charge is 0.489 e. The van der Waals surface area contributed by atoms with Crippen LogP contribution in [0.15, 0.2) is 78.9 Å². The van der Waals surface area contributed by atoms with Crippen molar-refractivity contribution in [2.45, 2.75) is 27.0 Å². The third kappa shape index (κ3) is 5.76. The fourth-order valence-corrected chi connectivity index (χ4v) is 3.73. The minimum absolute atomic E-state index is 0.121. The lowest BCUT2D eigenvalue weighted by atomic mass is 10.1. The molecule has 1 aromatic heterocycles. The number of ether oxygens (including phenoxy) is 1. The molecular formula is C28H28N4O3. The normalized spacial score (nSPS) is 10.6. The monoisotopic (exact) mass is 468 g/mol. The van der Waals surface area contributed by atoms with Gasteiger partial charge in [0.2, 0.25) is 0 Å². The van der Waals surface area contributed by atoms with Crippen LogP contribution < -0.4 is 15.4 Å². The van der Waals surface area contributed by atoms with Gasteiger partial charge in [-0.15, -0.1) is 0 Å². The van der Waals surface area contributed by atoms with Gasteiger partial charge >= 0.3 is 0 Å². The minimum atomic E-state index is -0.193. The van der Waals surface area contributed by atoms with Crippen molar-refractivity contribution in [3.8, 4) is 5.75 Å². The molecule has 0 spiro atoms. The van der Waals surface area contributed by atoms with Crippen molar-refractivity contribution in [1.82, 2.24) is 15.1 Å². The third-order valence-electron chi connectivity index (χ3n) is 5.76. The average molecular weight is 469 g/mol. The molecule has 2 amide bonds. The quantitative estimate of drug-likeness (QED) is 0.391. The first-order chi connectivity index (χ1) is 16.9. The van der Waals surface area contributed by atoms with Crippen LogP contribution in [-0.4, -0.2) is 28.6 Å². The van der Waals surface area contributed by atoms with E-state index in [0.29, 0.717) is 30.0 Å². The molecule has 7 heteroatoms. The second-order valence-electron chi connectivity index (χ2n) is 8.23. The Bertz CT molecular complexity index is 1310. The van der Waals surface area contributed by atoms with E-state index in [-0.39, 0.29) is 11.8 Å². The molecule has 0 fully saturated rings. The van der Waals surface area contributed by atoms with E-state index in [0.717, 1.165) is 28.3 Å². The molecule has 4 rings (SSSR count). The fourth-order valence-electron chi connectivity index (χ4n) is 3.73. The van der Waals surface area contributed by atoms with Gasteiger partial charge in [0.15, 0.2) is 0 Å². The van der Waals surface area contributed by atoms with Gasteiger partial charge in [-0.3, -0.25) is 14.3 Å². The Morgan fingerprint density at radius 1 is 0.829 bits per heavy atom. The predicted molar refractivity (Wildman–Crippen MR) is 136 cm³/mol. The van der Waals surface area contributed by atoms with Crippen molar-refractivity contribution in [3.05, 3.63) is 113 Å². The molecular weight excluding hydrogens is 440 g/mol. The highest BCUT2D eigenvalue weighted by Crippen LogP contribution is 2.22. The average Bonchev–Trinajstić information content (AvgIpc) is 3.15. The number of carbonyl (C=O) groups excluding carboxylic acids is 2. The number of hydrogen-bond donors (Lipinski definition) is 2. The number of amides is 2. The van der Waals surface area contributed by atoms with E-state index >= 15 is 0 Å². The molecule has 7 nitrogen and oxygen atoms in total. The van der Waals surface area contributed by atoms with Gasteiger partial charge in [-0.05, 0) is 61.4 Å². The molecule has 3 aromatic carbocycles. The number of nitrogens with one attached hydrogen (secondary N) is 2. The van der Waals surface area contributed by atoms with Gasteiger partial charge in [-0.2, -0.15) is 5.10 Å². The second kappa shape index (κ2) is 10.7. The van der Waals surface area contributed by atoms with Crippen LogP contribution in [-0.2, 0) is 13.2 Å². The first kappa shape index (κ1) is 23.8. The highest BCUT2D eigenvalue weighted by molar-refractivity contribution is 6.04. The Labute approximate surface area is 204 Å². The maximum atomic E-state index is 12.9. The molecule has 0 atom stereocenters. The highest BCUT2D eigenvalue weighted by Gasteiger charge is 2.16. The Morgan fingerprint density at radius 2 is 1.43 bits per heavy atom. The number of aromatic nitrogens is 2. The number of hydrogen-bond acceptors (Lipinski definition) is 4. The van der Waals surface area contributed by atoms with E-state index in [4.69, 9.17) is 4.74 Å². The summed E-state index contributed by atoms with van der Waals surface area (Å²) in [4.78, 5) is 24.6. The lowest BCUT2D eigenvalue weighted by Crippen LogP contribution is -2.17. The zero-order valence-corrected chi connectivity index (χ0v) is 20.0. The number of anilines is 1. The first-order valence-corrected chi connectivity index (χ1v) is 11.4. The number of benzene rings is 3. The topological polar surface area (TPSA) is 85.3 Å². The van der Waals surface area contributed by atoms with E-state index in [1.807, 2.05) is 73.1 Å². The molecule has 0 aliphatic carbocycles. The van der Waals surface area contributed by atoms with Crippen LogP contribution >= 0.6 is 0 Å². The molecule has 0 bridgehead atoms. The van der Waals surface area contributed by atoms with Crippen molar-refractivity contribution >= 4 is 17.5 Å². The van der Waals surface area contributed by atoms with Crippen molar-refractivity contribution in [2.75, 3.05) is 12.4 Å². The summed E-state index contributed by atoms with van der Waals surface area (Å²) in [6.07, 6.45) is 0. The molecule has 4 aromatic rings. The van der Waals surface area contributed by atoms with Gasteiger partial charge < -0.3 is 15.4 Å². The van der Waals surface area contributed by atoms with Crippen LogP contribution in [0.2, 0.25) is 0 Å². The third-order valence-corrected chi connectivity index (χ3v) is 5.76. The van der Waals surface area contributed by atoms with Gasteiger partial charge in [0, 0.05) is 18.2 Å². The summed E-state index contributed by atoms with van der Waals surface area (Å²) < 4.78 is 7.61. The number of rotatable bonds is 8. The molecule has 0 saturated heterocycles. The Hall–Kier alpha value is -4.39. The maximum Gasteiger partial charge on any atom is 0.255 e. The standard InChI is InChI=1S/C28H28N4O3/c1-19-26(20(2)32(31-19)17-21-9-13-23(14-10-21)27(33)29-3)30-28(34)24-15-11-22(12-16-24)18-35-25-7-5-4-6-8-25/h4-16H,17-18H2,1-3H3,(H,29,33)(H,30,34). The molecule has 1 heterocycles. The predicted octanol–water partition coefficient (Wildman–Crippen LogP) is 4.74. The van der Waals surface area contributed by atoms with E-state index in [1.54, 1.807) is 31.3 Å². The summed E-state index contributed by atoms with van der Waals surface area (Å²) in [7, 11) is 1.61. The van der Waals surface area contributed by atoms with Crippen LogP contribution in [0.1, 0.15) is 43.2 Å². The van der Waals surface area contributed by atoms with Crippen molar-refractivity contribution in [1.29, 1.82) is 0 Å². The van der Waals surface area contributed by atoms with Gasteiger partial charge in [0.05, 0.1) is 23.6 Å². The molecule has 0 aliphatic rings. The molecule has 0 aliphatic heterocycles. The fraction of sp³-hybridized carbons (Fsp3) is 0.179. The van der Waals surface area contributed by atoms with E-state index in [9.17, 15) is 9.59 Å². The van der Waals surface area contributed by atoms with Gasteiger partial charge in [-0.1, -0.05) is 42.5 Å². The van der Waals surface area contributed by atoms with Gasteiger partial charge in [0.25, 0.3) is 11.8 Å². The van der Waals surface area contributed by atoms with E-state index in [2.05, 4.69) is 15.7 Å². The molecule has 0 saturated carbocycles. The SMILES string of the molecule is CNC(=O)c1ccc(Cn2nc(C)c(NC(=O)c3ccc(COc4ccccc4)cc3)c2C)cc1. The number of carbonyl (C=O) groups is 2. The van der Waals surface area contributed by atoms with E-state index in [1.165, 1.54) is 0 Å². The Kier molecular flexibility index (Phi) is 7.26. The van der Waals surface area contributed by atoms with Crippen LogP contribution in [0.25, 0.3) is 0 Å². The van der Waals surface area contributed by atoms with Crippen LogP contribution in [0.4, 0.5) is 5.69 Å². The van der Waals surface area contributed by atoms with Crippen LogP contribution in [0.3, 0.4) is 0 Å². The van der Waals surface area contributed by atoms with Crippen molar-refractivity contribution in [2.24, 2.45) is 0 Å². The second-order valence-corrected chi connectivity index (χ2v) is 8.23. The zero-order valence-electron chi connectivity index (χ0n) is 20.0. The lowest BCUT2D eigenvalue weighted by Gasteiger charge is -2.09. The first-order valence-electron chi connectivity index (χ1n) is 11.4. The van der Waals surface area contributed by atoms with Crippen molar-refractivity contribution < 1.29 is 14.3 Å². The van der Waals surface area contributed by atoms with Gasteiger partial charge in [0.1, 0.15) is 12.4 Å².